The quantitative estimate of drug-likeness (QED) is 0.917. The summed E-state index contributed by atoms with van der Waals surface area (Å²) in [5, 5.41) is 6.86. The minimum absolute atomic E-state index is 0.125. The van der Waals surface area contributed by atoms with Crippen molar-refractivity contribution in [3.63, 3.8) is 0 Å². The van der Waals surface area contributed by atoms with Crippen molar-refractivity contribution in [3.8, 4) is 0 Å². The van der Waals surface area contributed by atoms with Crippen LogP contribution in [0.3, 0.4) is 0 Å². The number of hydrogen-bond donors (Lipinski definition) is 1. The maximum atomic E-state index is 12.8. The summed E-state index contributed by atoms with van der Waals surface area (Å²) in [5.41, 5.74) is 1.17. The highest BCUT2D eigenvalue weighted by molar-refractivity contribution is 5.89. The monoisotopic (exact) mass is 318 g/mol. The molecule has 2 unspecified atom stereocenters. The highest BCUT2D eigenvalue weighted by Gasteiger charge is 2.37. The van der Waals surface area contributed by atoms with E-state index in [1.54, 1.807) is 0 Å². The summed E-state index contributed by atoms with van der Waals surface area (Å²) in [7, 11) is 0. The maximum absolute atomic E-state index is 12.8. The smallest absolute Gasteiger partial charge is 0.228 e. The average molecular weight is 318 g/mol. The Balaban J connectivity index is 1.61. The molecule has 2 atom stereocenters. The molecule has 0 radical (unpaired) electrons. The van der Waals surface area contributed by atoms with Crippen LogP contribution in [0.1, 0.15) is 44.6 Å². The summed E-state index contributed by atoms with van der Waals surface area (Å²) in [5.74, 6) is 0.908. The van der Waals surface area contributed by atoms with Crippen molar-refractivity contribution in [2.75, 3.05) is 26.2 Å². The fraction of sp³-hybridized carbons (Fsp3) is 0.706. The van der Waals surface area contributed by atoms with E-state index in [0.29, 0.717) is 24.8 Å². The van der Waals surface area contributed by atoms with Crippen molar-refractivity contribution in [1.82, 2.24) is 20.0 Å². The lowest BCUT2D eigenvalue weighted by Crippen LogP contribution is -2.43. The van der Waals surface area contributed by atoms with E-state index >= 15 is 0 Å². The van der Waals surface area contributed by atoms with Crippen molar-refractivity contribution >= 4 is 11.8 Å². The molecule has 0 aliphatic carbocycles. The molecule has 23 heavy (non-hydrogen) atoms. The minimum atomic E-state index is -0.163. The summed E-state index contributed by atoms with van der Waals surface area (Å²) in [4.78, 5) is 28.7. The molecule has 3 rings (SSSR count). The van der Waals surface area contributed by atoms with Crippen molar-refractivity contribution in [2.45, 2.75) is 39.0 Å². The zero-order chi connectivity index (χ0) is 16.4. The molecular formula is C17H26N4O2. The first-order valence-corrected chi connectivity index (χ1v) is 8.60. The van der Waals surface area contributed by atoms with Gasteiger partial charge < -0.3 is 9.80 Å². The number of amides is 2. The van der Waals surface area contributed by atoms with Crippen LogP contribution in [0.2, 0.25) is 0 Å². The zero-order valence-electron chi connectivity index (χ0n) is 14.0. The fourth-order valence-electron chi connectivity index (χ4n) is 3.75. The van der Waals surface area contributed by atoms with Gasteiger partial charge in [-0.25, -0.2) is 0 Å². The molecule has 1 N–H and O–H groups in total. The molecule has 0 bridgehead atoms. The number of rotatable bonds is 4. The summed E-state index contributed by atoms with van der Waals surface area (Å²) in [6, 6.07) is 0. The molecule has 3 heterocycles. The topological polar surface area (TPSA) is 69.3 Å². The third-order valence-corrected chi connectivity index (χ3v) is 4.87. The molecule has 2 aliphatic rings. The molecule has 6 heteroatoms. The fourth-order valence-corrected chi connectivity index (χ4v) is 3.75. The molecule has 1 aromatic heterocycles. The number of nitrogens with zero attached hydrogens (tertiary/aromatic N) is 3. The largest absolute Gasteiger partial charge is 0.342 e. The van der Waals surface area contributed by atoms with Gasteiger partial charge in [0.15, 0.2) is 0 Å². The van der Waals surface area contributed by atoms with Crippen LogP contribution < -0.4 is 0 Å². The third-order valence-electron chi connectivity index (χ3n) is 4.87. The Bertz CT molecular complexity index is 555. The van der Waals surface area contributed by atoms with Gasteiger partial charge in [-0.3, -0.25) is 14.7 Å². The Morgan fingerprint density at radius 2 is 2.26 bits per heavy atom. The molecule has 0 saturated carbocycles. The van der Waals surface area contributed by atoms with Gasteiger partial charge in [-0.15, -0.1) is 0 Å². The Kier molecular flexibility index (Phi) is 4.68. The Labute approximate surface area is 137 Å². The summed E-state index contributed by atoms with van der Waals surface area (Å²) in [6.07, 6.45) is 6.24. The molecule has 6 nitrogen and oxygen atoms in total. The maximum Gasteiger partial charge on any atom is 0.228 e. The van der Waals surface area contributed by atoms with Gasteiger partial charge in [0.25, 0.3) is 0 Å². The highest BCUT2D eigenvalue weighted by Crippen LogP contribution is 2.29. The van der Waals surface area contributed by atoms with Crippen molar-refractivity contribution in [3.05, 3.63) is 18.0 Å². The van der Waals surface area contributed by atoms with E-state index in [1.807, 2.05) is 22.2 Å². The van der Waals surface area contributed by atoms with Crippen LogP contribution in [0.25, 0.3) is 0 Å². The first-order chi connectivity index (χ1) is 11.0. The number of aromatic amines is 1. The molecule has 126 valence electrons. The number of aromatic nitrogens is 2. The molecule has 2 fully saturated rings. The number of carbonyl (C=O) groups is 2. The SMILES string of the molecule is CC(C)CN1CC(C(=O)N2CCCC(c3cn[nH]c3)C2)CC1=O. The minimum Gasteiger partial charge on any atom is -0.342 e. The molecule has 2 amide bonds. The number of hydrogen-bond acceptors (Lipinski definition) is 3. The van der Waals surface area contributed by atoms with Crippen LogP contribution >= 0.6 is 0 Å². The van der Waals surface area contributed by atoms with Gasteiger partial charge in [0.1, 0.15) is 0 Å². The van der Waals surface area contributed by atoms with Crippen molar-refractivity contribution in [1.29, 1.82) is 0 Å². The molecule has 0 spiro atoms. The lowest BCUT2D eigenvalue weighted by molar-refractivity contribution is -0.137. The van der Waals surface area contributed by atoms with Gasteiger partial charge in [0.2, 0.25) is 11.8 Å². The Hall–Kier alpha value is -1.85. The zero-order valence-corrected chi connectivity index (χ0v) is 14.0. The van der Waals surface area contributed by atoms with Gasteiger partial charge in [-0.05, 0) is 24.3 Å². The highest BCUT2D eigenvalue weighted by atomic mass is 16.2. The second-order valence-corrected chi connectivity index (χ2v) is 7.25. The predicted molar refractivity (Wildman–Crippen MR) is 86.7 cm³/mol. The van der Waals surface area contributed by atoms with Crippen LogP contribution in [0, 0.1) is 11.8 Å². The van der Waals surface area contributed by atoms with Crippen LogP contribution in [0.15, 0.2) is 12.4 Å². The summed E-state index contributed by atoms with van der Waals surface area (Å²) < 4.78 is 0. The van der Waals surface area contributed by atoms with E-state index in [1.165, 1.54) is 5.56 Å². The van der Waals surface area contributed by atoms with E-state index in [0.717, 1.165) is 32.5 Å². The van der Waals surface area contributed by atoms with Crippen molar-refractivity contribution < 1.29 is 9.59 Å². The van der Waals surface area contributed by atoms with E-state index in [9.17, 15) is 9.59 Å². The first kappa shape index (κ1) is 16.0. The van der Waals surface area contributed by atoms with E-state index in [-0.39, 0.29) is 17.7 Å². The second kappa shape index (κ2) is 6.72. The third kappa shape index (κ3) is 3.57. The predicted octanol–water partition coefficient (Wildman–Crippen LogP) is 1.62. The number of likely N-dealkylation sites (tertiary alicyclic amines) is 2. The van der Waals surface area contributed by atoms with Gasteiger partial charge >= 0.3 is 0 Å². The molecular weight excluding hydrogens is 292 g/mol. The molecule has 2 aliphatic heterocycles. The normalized spacial score (nSPS) is 25.4. The van der Waals surface area contributed by atoms with Crippen LogP contribution in [0.4, 0.5) is 0 Å². The van der Waals surface area contributed by atoms with Gasteiger partial charge in [0.05, 0.1) is 12.1 Å². The van der Waals surface area contributed by atoms with Crippen molar-refractivity contribution in [2.24, 2.45) is 11.8 Å². The second-order valence-electron chi connectivity index (χ2n) is 7.25. The first-order valence-electron chi connectivity index (χ1n) is 8.60. The van der Waals surface area contributed by atoms with Gasteiger partial charge in [-0.2, -0.15) is 5.10 Å². The van der Waals surface area contributed by atoms with Gasteiger partial charge in [-0.1, -0.05) is 13.8 Å². The van der Waals surface area contributed by atoms with Gasteiger partial charge in [0, 0.05) is 44.7 Å². The lowest BCUT2D eigenvalue weighted by atomic mass is 9.92. The Morgan fingerprint density at radius 3 is 2.96 bits per heavy atom. The average Bonchev–Trinajstić information content (AvgIpc) is 3.17. The van der Waals surface area contributed by atoms with E-state index < -0.39 is 0 Å². The van der Waals surface area contributed by atoms with Crippen LogP contribution in [0.5, 0.6) is 0 Å². The number of H-pyrrole nitrogens is 1. The van der Waals surface area contributed by atoms with Crippen LogP contribution in [-0.4, -0.2) is 58.0 Å². The number of piperidine rings is 1. The molecule has 0 aromatic carbocycles. The van der Waals surface area contributed by atoms with Crippen LogP contribution in [-0.2, 0) is 9.59 Å². The lowest BCUT2D eigenvalue weighted by Gasteiger charge is -2.34. The molecule has 2 saturated heterocycles. The summed E-state index contributed by atoms with van der Waals surface area (Å²) in [6.45, 7) is 7.09. The number of nitrogens with one attached hydrogen (secondary N) is 1. The number of carbonyl (C=O) groups excluding carboxylic acids is 2. The summed E-state index contributed by atoms with van der Waals surface area (Å²) >= 11 is 0. The van der Waals surface area contributed by atoms with E-state index in [2.05, 4.69) is 24.0 Å². The Morgan fingerprint density at radius 1 is 1.43 bits per heavy atom. The van der Waals surface area contributed by atoms with E-state index in [4.69, 9.17) is 0 Å². The standard InChI is InChI=1S/C17H26N4O2/c1-12(2)9-21-11-14(6-16(21)22)17(23)20-5-3-4-13(10-20)15-7-18-19-8-15/h7-8,12-14H,3-6,9-11H2,1-2H3,(H,18,19). The molecule has 1 aromatic rings.